The highest BCUT2D eigenvalue weighted by atomic mass is 19.1. The molecule has 1 fully saturated rings. The number of nitrogens with one attached hydrogen (secondary N) is 1. The number of halogens is 1. The van der Waals surface area contributed by atoms with Crippen molar-refractivity contribution >= 4 is 28.5 Å². The van der Waals surface area contributed by atoms with Crippen LogP contribution in [-0.4, -0.2) is 63.1 Å². The van der Waals surface area contributed by atoms with E-state index in [0.29, 0.717) is 31.9 Å². The van der Waals surface area contributed by atoms with Gasteiger partial charge in [0.05, 0.1) is 0 Å². The zero-order valence-electron chi connectivity index (χ0n) is 21.1. The number of amides is 2. The van der Waals surface area contributed by atoms with Crippen molar-refractivity contribution in [2.45, 2.75) is 51.7 Å². The molecule has 0 radical (unpaired) electrons. The van der Waals surface area contributed by atoms with Gasteiger partial charge in [0.2, 0.25) is 0 Å². The van der Waals surface area contributed by atoms with Crippen LogP contribution in [0.2, 0.25) is 0 Å². The fourth-order valence-corrected chi connectivity index (χ4v) is 5.17. The molecule has 1 saturated heterocycles. The fourth-order valence-electron chi connectivity index (χ4n) is 5.17. The van der Waals surface area contributed by atoms with E-state index in [-0.39, 0.29) is 23.9 Å². The van der Waals surface area contributed by atoms with Crippen LogP contribution in [0.15, 0.2) is 48.8 Å². The molecule has 5 rings (SSSR count). The summed E-state index contributed by atoms with van der Waals surface area (Å²) in [5, 5.41) is 0.994. The molecule has 0 saturated carbocycles. The lowest BCUT2D eigenvalue weighted by atomic mass is 9.98. The lowest BCUT2D eigenvalue weighted by Crippen LogP contribution is -2.42. The Hall–Kier alpha value is -3.55. The third-order valence-corrected chi connectivity index (χ3v) is 6.99. The van der Waals surface area contributed by atoms with Crippen molar-refractivity contribution in [3.05, 3.63) is 65.9 Å². The highest BCUT2D eigenvalue weighted by Crippen LogP contribution is 2.31. The van der Waals surface area contributed by atoms with Gasteiger partial charge in [-0.2, -0.15) is 0 Å². The molecule has 0 bridgehead atoms. The number of hydrogen-bond donors (Lipinski definition) is 1. The molecule has 36 heavy (non-hydrogen) atoms. The summed E-state index contributed by atoms with van der Waals surface area (Å²) < 4.78 is 21.1. The van der Waals surface area contributed by atoms with Crippen molar-refractivity contribution in [1.29, 1.82) is 0 Å². The Morgan fingerprint density at radius 2 is 1.86 bits per heavy atom. The zero-order valence-corrected chi connectivity index (χ0v) is 21.1. The number of carbonyl (C=O) groups excluding carboxylic acids is 2. The number of fused-ring (bicyclic) bond motifs is 1. The van der Waals surface area contributed by atoms with Crippen molar-refractivity contribution in [1.82, 2.24) is 19.4 Å². The van der Waals surface area contributed by atoms with Crippen LogP contribution in [0, 0.1) is 5.82 Å². The molecule has 4 heterocycles. The van der Waals surface area contributed by atoms with Gasteiger partial charge in [-0.05, 0) is 75.9 Å². The topological polar surface area (TPSA) is 70.6 Å². The van der Waals surface area contributed by atoms with E-state index in [1.54, 1.807) is 11.0 Å². The zero-order chi connectivity index (χ0) is 25.4. The summed E-state index contributed by atoms with van der Waals surface area (Å²) in [5.74, 6) is -0.241. The molecule has 3 aromatic rings. The molecule has 1 aromatic carbocycles. The summed E-state index contributed by atoms with van der Waals surface area (Å²) >= 11 is 0. The van der Waals surface area contributed by atoms with E-state index in [4.69, 9.17) is 4.74 Å². The number of carbonyl (C=O) groups is 2. The third-order valence-electron chi connectivity index (χ3n) is 6.99. The maximum Gasteiger partial charge on any atom is 0.410 e. The summed E-state index contributed by atoms with van der Waals surface area (Å²) in [7, 11) is 0. The van der Waals surface area contributed by atoms with E-state index in [9.17, 15) is 14.0 Å². The summed E-state index contributed by atoms with van der Waals surface area (Å²) in [6.07, 6.45) is 8.00. The Labute approximate surface area is 210 Å². The summed E-state index contributed by atoms with van der Waals surface area (Å²) in [5.41, 5.74) is 3.19. The molecule has 0 aliphatic carbocycles. The molecule has 2 aromatic heterocycles. The molecule has 1 N–H and O–H groups in total. The number of nitrogens with zero attached hydrogens (tertiary/aromatic N) is 3. The number of aromatic nitrogens is 2. The van der Waals surface area contributed by atoms with Crippen molar-refractivity contribution in [3.63, 3.8) is 0 Å². The number of H-pyrrole nitrogens is 1. The van der Waals surface area contributed by atoms with Gasteiger partial charge in [-0.15, -0.1) is 0 Å². The van der Waals surface area contributed by atoms with Crippen LogP contribution in [0.4, 0.5) is 9.18 Å². The molecular weight excluding hydrogens is 459 g/mol. The van der Waals surface area contributed by atoms with Crippen LogP contribution in [0.25, 0.3) is 16.5 Å². The Balaban J connectivity index is 1.23. The molecule has 0 unspecified atom stereocenters. The number of benzene rings is 1. The van der Waals surface area contributed by atoms with E-state index in [1.807, 2.05) is 50.2 Å². The van der Waals surface area contributed by atoms with Crippen molar-refractivity contribution in [2.24, 2.45) is 0 Å². The van der Waals surface area contributed by atoms with Gasteiger partial charge in [0.1, 0.15) is 17.1 Å². The first kappa shape index (κ1) is 24.2. The Morgan fingerprint density at radius 1 is 1.08 bits per heavy atom. The molecule has 0 atom stereocenters. The van der Waals surface area contributed by atoms with E-state index in [1.165, 1.54) is 17.7 Å². The normalized spacial score (nSPS) is 17.4. The largest absolute Gasteiger partial charge is 0.444 e. The van der Waals surface area contributed by atoms with E-state index in [0.717, 1.165) is 35.7 Å². The van der Waals surface area contributed by atoms with Gasteiger partial charge < -0.3 is 24.1 Å². The van der Waals surface area contributed by atoms with Crippen LogP contribution in [0.1, 0.15) is 62.1 Å². The molecule has 7 nitrogen and oxygen atoms in total. The standard InChI is InChI=1S/C28H33FN4O3/c1-28(2,3)36-27(35)32-15-10-21(11-16-32)33-12-4-5-25(33)26(34)31-13-8-19(9-14-31)23-18-30-24-17-20(29)6-7-22(23)24/h4-8,12,17-18,21,30H,9-11,13-16H2,1-3H3. The lowest BCUT2D eigenvalue weighted by molar-refractivity contribution is 0.0186. The van der Waals surface area contributed by atoms with Gasteiger partial charge in [0.25, 0.3) is 5.91 Å². The average Bonchev–Trinajstić information content (AvgIpc) is 3.50. The van der Waals surface area contributed by atoms with Gasteiger partial charge in [-0.25, -0.2) is 9.18 Å². The minimum Gasteiger partial charge on any atom is -0.444 e. The number of rotatable bonds is 3. The van der Waals surface area contributed by atoms with Crippen LogP contribution in [-0.2, 0) is 4.74 Å². The molecule has 190 valence electrons. The summed E-state index contributed by atoms with van der Waals surface area (Å²) in [4.78, 5) is 32.6. The van der Waals surface area contributed by atoms with Gasteiger partial charge in [-0.3, -0.25) is 4.79 Å². The first-order valence-electron chi connectivity index (χ1n) is 12.6. The molecule has 0 spiro atoms. The van der Waals surface area contributed by atoms with Crippen LogP contribution >= 0.6 is 0 Å². The quantitative estimate of drug-likeness (QED) is 0.517. The van der Waals surface area contributed by atoms with Crippen molar-refractivity contribution in [3.8, 4) is 0 Å². The monoisotopic (exact) mass is 492 g/mol. The predicted molar refractivity (Wildman–Crippen MR) is 137 cm³/mol. The van der Waals surface area contributed by atoms with Crippen LogP contribution in [0.5, 0.6) is 0 Å². The third kappa shape index (κ3) is 4.90. The van der Waals surface area contributed by atoms with E-state index >= 15 is 0 Å². The summed E-state index contributed by atoms with van der Waals surface area (Å²) in [6, 6.07) is 8.75. The summed E-state index contributed by atoms with van der Waals surface area (Å²) in [6.45, 7) is 7.98. The van der Waals surface area contributed by atoms with Gasteiger partial charge in [0, 0.05) is 61.1 Å². The average molecular weight is 493 g/mol. The molecular formula is C28H33FN4O3. The van der Waals surface area contributed by atoms with Crippen LogP contribution < -0.4 is 0 Å². The number of hydrogen-bond acceptors (Lipinski definition) is 3. The second-order valence-corrected chi connectivity index (χ2v) is 10.6. The first-order chi connectivity index (χ1) is 17.2. The molecule has 2 aliphatic heterocycles. The number of piperidine rings is 1. The maximum absolute atomic E-state index is 13.5. The highest BCUT2D eigenvalue weighted by Gasteiger charge is 2.30. The van der Waals surface area contributed by atoms with Crippen molar-refractivity contribution in [2.75, 3.05) is 26.2 Å². The first-order valence-corrected chi connectivity index (χ1v) is 12.6. The minimum absolute atomic E-state index is 0.0193. The van der Waals surface area contributed by atoms with Crippen LogP contribution in [0.3, 0.4) is 0 Å². The number of likely N-dealkylation sites (tertiary alicyclic amines) is 1. The van der Waals surface area contributed by atoms with E-state index in [2.05, 4.69) is 15.6 Å². The molecule has 8 heteroatoms. The van der Waals surface area contributed by atoms with Gasteiger partial charge >= 0.3 is 6.09 Å². The number of ether oxygens (including phenoxy) is 1. The van der Waals surface area contributed by atoms with E-state index < -0.39 is 5.60 Å². The van der Waals surface area contributed by atoms with Gasteiger partial charge in [0.15, 0.2) is 0 Å². The van der Waals surface area contributed by atoms with Crippen molar-refractivity contribution < 1.29 is 18.7 Å². The predicted octanol–water partition coefficient (Wildman–Crippen LogP) is 5.61. The molecule has 2 amide bonds. The fraction of sp³-hybridized carbons (Fsp3) is 0.429. The maximum atomic E-state index is 13.5. The van der Waals surface area contributed by atoms with Gasteiger partial charge in [-0.1, -0.05) is 6.08 Å². The SMILES string of the molecule is CC(C)(C)OC(=O)N1CCC(n2cccc2C(=O)N2CC=C(c3c[nH]c4cc(F)ccc34)CC2)CC1. The highest BCUT2D eigenvalue weighted by molar-refractivity contribution is 5.95. The second-order valence-electron chi connectivity index (χ2n) is 10.6. The Morgan fingerprint density at radius 3 is 2.56 bits per heavy atom. The lowest BCUT2D eigenvalue weighted by Gasteiger charge is -2.35. The molecule has 2 aliphatic rings. The Kier molecular flexibility index (Phi) is 6.36. The minimum atomic E-state index is -0.511. The smallest absolute Gasteiger partial charge is 0.410 e. The number of aromatic amines is 1. The second kappa shape index (κ2) is 9.48. The Bertz CT molecular complexity index is 1310.